The Morgan fingerprint density at radius 2 is 1.43 bits per heavy atom. The minimum Gasteiger partial charge on any atom is -0.459 e. The van der Waals surface area contributed by atoms with Crippen molar-refractivity contribution in [3.05, 3.63) is 71.8 Å². The van der Waals surface area contributed by atoms with Crippen LogP contribution in [0.2, 0.25) is 0 Å². The SMILES string of the molecule is CC(=O)O[C@H]1O[C@H](COC(=O)c2ccccc2)[C@@H](OC(=O)c2ccccc2)C1(F)F. The van der Waals surface area contributed by atoms with Gasteiger partial charge in [-0.25, -0.2) is 9.59 Å². The van der Waals surface area contributed by atoms with E-state index in [2.05, 4.69) is 4.74 Å². The monoisotopic (exact) mass is 420 g/mol. The Hall–Kier alpha value is -3.33. The Balaban J connectivity index is 1.76. The van der Waals surface area contributed by atoms with E-state index in [1.165, 1.54) is 24.3 Å². The fourth-order valence-electron chi connectivity index (χ4n) is 2.81. The van der Waals surface area contributed by atoms with Gasteiger partial charge >= 0.3 is 23.8 Å². The van der Waals surface area contributed by atoms with Crippen molar-refractivity contribution in [2.24, 2.45) is 0 Å². The number of alkyl halides is 2. The topological polar surface area (TPSA) is 88.1 Å². The molecule has 0 unspecified atom stereocenters. The van der Waals surface area contributed by atoms with Gasteiger partial charge in [-0.15, -0.1) is 0 Å². The van der Waals surface area contributed by atoms with Crippen LogP contribution in [0.1, 0.15) is 27.6 Å². The van der Waals surface area contributed by atoms with Crippen LogP contribution in [-0.2, 0) is 23.7 Å². The molecule has 0 aromatic heterocycles. The third-order valence-electron chi connectivity index (χ3n) is 4.23. The van der Waals surface area contributed by atoms with Crippen LogP contribution in [0.25, 0.3) is 0 Å². The van der Waals surface area contributed by atoms with Gasteiger partial charge in [-0.1, -0.05) is 36.4 Å². The van der Waals surface area contributed by atoms with Crippen molar-refractivity contribution in [2.45, 2.75) is 31.3 Å². The molecule has 0 saturated carbocycles. The molecule has 0 aliphatic carbocycles. The van der Waals surface area contributed by atoms with Gasteiger partial charge in [0.15, 0.2) is 0 Å². The Morgan fingerprint density at radius 1 is 0.900 bits per heavy atom. The molecule has 0 bridgehead atoms. The van der Waals surface area contributed by atoms with E-state index in [9.17, 15) is 23.2 Å². The molecule has 9 heteroatoms. The van der Waals surface area contributed by atoms with Gasteiger partial charge in [0.05, 0.1) is 11.1 Å². The summed E-state index contributed by atoms with van der Waals surface area (Å²) in [6, 6.07) is 15.4. The number of hydrogen-bond acceptors (Lipinski definition) is 7. The van der Waals surface area contributed by atoms with Gasteiger partial charge in [0.2, 0.25) is 6.10 Å². The quantitative estimate of drug-likeness (QED) is 0.524. The maximum atomic E-state index is 14.8. The van der Waals surface area contributed by atoms with Crippen LogP contribution in [0.15, 0.2) is 60.7 Å². The van der Waals surface area contributed by atoms with Crippen molar-refractivity contribution >= 4 is 17.9 Å². The number of carbonyl (C=O) groups is 3. The highest BCUT2D eigenvalue weighted by molar-refractivity contribution is 5.90. The Morgan fingerprint density at radius 3 is 1.97 bits per heavy atom. The lowest BCUT2D eigenvalue weighted by atomic mass is 10.1. The van der Waals surface area contributed by atoms with Gasteiger partial charge < -0.3 is 18.9 Å². The first kappa shape index (κ1) is 21.4. The van der Waals surface area contributed by atoms with E-state index in [1.807, 2.05) is 0 Å². The molecule has 2 aromatic carbocycles. The smallest absolute Gasteiger partial charge is 0.347 e. The molecular weight excluding hydrogens is 402 g/mol. The van der Waals surface area contributed by atoms with Crippen molar-refractivity contribution < 1.29 is 42.1 Å². The van der Waals surface area contributed by atoms with E-state index in [4.69, 9.17) is 14.2 Å². The van der Waals surface area contributed by atoms with E-state index in [1.54, 1.807) is 36.4 Å². The highest BCUT2D eigenvalue weighted by atomic mass is 19.3. The lowest BCUT2D eigenvalue weighted by Gasteiger charge is -2.23. The zero-order valence-electron chi connectivity index (χ0n) is 15.8. The zero-order valence-corrected chi connectivity index (χ0v) is 15.8. The van der Waals surface area contributed by atoms with E-state index in [-0.39, 0.29) is 11.1 Å². The number of esters is 3. The van der Waals surface area contributed by atoms with Gasteiger partial charge in [0.1, 0.15) is 12.7 Å². The maximum Gasteiger partial charge on any atom is 0.347 e. The molecule has 0 radical (unpaired) electrons. The molecule has 30 heavy (non-hydrogen) atoms. The highest BCUT2D eigenvalue weighted by Gasteiger charge is 2.63. The summed E-state index contributed by atoms with van der Waals surface area (Å²) in [7, 11) is 0. The molecule has 7 nitrogen and oxygen atoms in total. The summed E-state index contributed by atoms with van der Waals surface area (Å²) in [4.78, 5) is 35.6. The second kappa shape index (κ2) is 9.00. The van der Waals surface area contributed by atoms with E-state index in [0.29, 0.717) is 0 Å². The van der Waals surface area contributed by atoms with Crippen LogP contribution in [0.5, 0.6) is 0 Å². The molecule has 1 aliphatic heterocycles. The molecule has 2 aromatic rings. The van der Waals surface area contributed by atoms with Crippen LogP contribution in [-0.4, -0.2) is 48.9 Å². The van der Waals surface area contributed by atoms with Crippen LogP contribution < -0.4 is 0 Å². The second-order valence-electron chi connectivity index (χ2n) is 6.45. The lowest BCUT2D eigenvalue weighted by Crippen LogP contribution is -2.45. The summed E-state index contributed by atoms with van der Waals surface area (Å²) in [6.45, 7) is 0.293. The lowest BCUT2D eigenvalue weighted by molar-refractivity contribution is -0.222. The average Bonchev–Trinajstić information content (AvgIpc) is 2.96. The van der Waals surface area contributed by atoms with Gasteiger partial charge in [0, 0.05) is 6.92 Å². The summed E-state index contributed by atoms with van der Waals surface area (Å²) >= 11 is 0. The first-order valence-electron chi connectivity index (χ1n) is 8.97. The molecule has 3 atom stereocenters. The van der Waals surface area contributed by atoms with Crippen molar-refractivity contribution in [1.82, 2.24) is 0 Å². The normalized spacial score (nSPS) is 22.2. The average molecular weight is 420 g/mol. The highest BCUT2D eigenvalue weighted by Crippen LogP contribution is 2.39. The van der Waals surface area contributed by atoms with Crippen LogP contribution >= 0.6 is 0 Å². The maximum absolute atomic E-state index is 14.8. The molecular formula is C21H18F2O7. The van der Waals surface area contributed by atoms with E-state index >= 15 is 0 Å². The number of benzene rings is 2. The number of rotatable bonds is 6. The fourth-order valence-corrected chi connectivity index (χ4v) is 2.81. The molecule has 3 rings (SSSR count). The third-order valence-corrected chi connectivity index (χ3v) is 4.23. The third kappa shape index (κ3) is 4.80. The van der Waals surface area contributed by atoms with E-state index in [0.717, 1.165) is 6.92 Å². The zero-order chi connectivity index (χ0) is 21.7. The predicted octanol–water partition coefficient (Wildman–Crippen LogP) is 2.99. The molecule has 0 amide bonds. The molecule has 1 aliphatic rings. The van der Waals surface area contributed by atoms with Crippen molar-refractivity contribution in [3.8, 4) is 0 Å². The standard InChI is InChI=1S/C21H18F2O7/c1-13(24)28-20-21(22,23)17(30-19(26)15-10-6-3-7-11-15)16(29-20)12-27-18(25)14-8-4-2-5-9-14/h2-11,16-17,20H,12H2,1H3/t16-,17-,20+/m1/s1. The number of hydrogen-bond donors (Lipinski definition) is 0. The van der Waals surface area contributed by atoms with Gasteiger partial charge in [-0.3, -0.25) is 4.79 Å². The van der Waals surface area contributed by atoms with Gasteiger partial charge in [-0.2, -0.15) is 8.78 Å². The van der Waals surface area contributed by atoms with Gasteiger partial charge in [-0.05, 0) is 24.3 Å². The van der Waals surface area contributed by atoms with Crippen LogP contribution in [0.3, 0.4) is 0 Å². The Labute approximate surface area is 170 Å². The molecule has 1 saturated heterocycles. The molecule has 0 spiro atoms. The first-order valence-corrected chi connectivity index (χ1v) is 8.97. The van der Waals surface area contributed by atoms with E-state index < -0.39 is 48.9 Å². The molecule has 158 valence electrons. The molecule has 1 fully saturated rings. The number of halogens is 2. The summed E-state index contributed by atoms with van der Waals surface area (Å²) in [5, 5.41) is 0. The number of carbonyl (C=O) groups excluding carboxylic acids is 3. The minimum atomic E-state index is -3.86. The van der Waals surface area contributed by atoms with Crippen LogP contribution in [0, 0.1) is 0 Å². The van der Waals surface area contributed by atoms with Crippen molar-refractivity contribution in [2.75, 3.05) is 6.61 Å². The summed E-state index contributed by atoms with van der Waals surface area (Å²) < 4.78 is 49.2. The summed E-state index contributed by atoms with van der Waals surface area (Å²) in [6.07, 6.45) is -5.98. The molecule has 0 N–H and O–H groups in total. The van der Waals surface area contributed by atoms with Crippen molar-refractivity contribution in [1.29, 1.82) is 0 Å². The largest absolute Gasteiger partial charge is 0.459 e. The molecule has 1 heterocycles. The first-order chi connectivity index (χ1) is 14.3. The second-order valence-corrected chi connectivity index (χ2v) is 6.45. The van der Waals surface area contributed by atoms with Crippen molar-refractivity contribution in [3.63, 3.8) is 0 Å². The summed E-state index contributed by atoms with van der Waals surface area (Å²) in [5.74, 6) is -6.66. The van der Waals surface area contributed by atoms with Crippen LogP contribution in [0.4, 0.5) is 8.78 Å². The fraction of sp³-hybridized carbons (Fsp3) is 0.286. The number of ether oxygens (including phenoxy) is 4. The predicted molar refractivity (Wildman–Crippen MR) is 97.7 cm³/mol. The Bertz CT molecular complexity index is 902. The summed E-state index contributed by atoms with van der Waals surface area (Å²) in [5.41, 5.74) is 0.251. The van der Waals surface area contributed by atoms with Gasteiger partial charge in [0.25, 0.3) is 6.29 Å². The Kier molecular flexibility index (Phi) is 6.41. The minimum absolute atomic E-state index is 0.0456.